The van der Waals surface area contributed by atoms with Crippen LogP contribution in [0.15, 0.2) is 59.1 Å². The lowest BCUT2D eigenvalue weighted by Gasteiger charge is -2.09. The van der Waals surface area contributed by atoms with Crippen molar-refractivity contribution in [1.82, 2.24) is 9.97 Å². The van der Waals surface area contributed by atoms with Crippen LogP contribution in [0.5, 0.6) is 0 Å². The van der Waals surface area contributed by atoms with Crippen LogP contribution >= 0.6 is 23.1 Å². The molecule has 4 aromatic rings. The number of anilines is 1. The molecule has 0 unspecified atom stereocenters. The highest BCUT2D eigenvalue weighted by Gasteiger charge is 2.12. The number of thiophene rings is 1. The first-order chi connectivity index (χ1) is 14.5. The highest BCUT2D eigenvalue weighted by atomic mass is 32.2. The zero-order valence-corrected chi connectivity index (χ0v) is 17.7. The molecule has 2 heterocycles. The van der Waals surface area contributed by atoms with E-state index < -0.39 is 5.97 Å². The third-order valence-electron chi connectivity index (χ3n) is 4.68. The minimum absolute atomic E-state index is 0.184. The number of halogens is 1. The number of nitrogens with one attached hydrogen (secondary N) is 1. The molecular formula is C22H18FN3O2S2. The van der Waals surface area contributed by atoms with Gasteiger partial charge in [0, 0.05) is 23.1 Å². The molecular weight excluding hydrogens is 421 g/mol. The van der Waals surface area contributed by atoms with E-state index in [-0.39, 0.29) is 11.4 Å². The molecule has 8 heteroatoms. The lowest BCUT2D eigenvalue weighted by Crippen LogP contribution is -2.07. The Morgan fingerprint density at radius 2 is 2.07 bits per heavy atom. The molecule has 5 nitrogen and oxygen atoms in total. The van der Waals surface area contributed by atoms with Crippen LogP contribution in [0.2, 0.25) is 0 Å². The molecule has 0 saturated heterocycles. The fourth-order valence-electron chi connectivity index (χ4n) is 3.21. The molecule has 0 fully saturated rings. The zero-order chi connectivity index (χ0) is 21.1. The fourth-order valence-corrected chi connectivity index (χ4v) is 4.62. The van der Waals surface area contributed by atoms with Crippen molar-refractivity contribution < 1.29 is 14.3 Å². The SMILES string of the molecule is CSc1cc(-c2cc(NCCc3cc(F)c4sccc4c3)ncn2)ccc1C(=O)O. The second-order valence-corrected chi connectivity index (χ2v) is 8.37. The number of hydrogen-bond donors (Lipinski definition) is 2. The summed E-state index contributed by atoms with van der Waals surface area (Å²) < 4.78 is 14.8. The van der Waals surface area contributed by atoms with E-state index in [9.17, 15) is 14.3 Å². The average molecular weight is 440 g/mol. The monoisotopic (exact) mass is 439 g/mol. The van der Waals surface area contributed by atoms with Gasteiger partial charge in [-0.25, -0.2) is 19.2 Å². The third kappa shape index (κ3) is 4.29. The van der Waals surface area contributed by atoms with Gasteiger partial charge in [0.1, 0.15) is 18.0 Å². The van der Waals surface area contributed by atoms with E-state index in [1.54, 1.807) is 18.2 Å². The molecule has 0 spiro atoms. The van der Waals surface area contributed by atoms with Crippen LogP contribution in [0, 0.1) is 5.82 Å². The average Bonchev–Trinajstić information content (AvgIpc) is 3.23. The van der Waals surface area contributed by atoms with Crippen molar-refractivity contribution in [1.29, 1.82) is 0 Å². The molecule has 0 amide bonds. The van der Waals surface area contributed by atoms with Gasteiger partial charge in [0.2, 0.25) is 0 Å². The Hall–Kier alpha value is -2.97. The van der Waals surface area contributed by atoms with E-state index in [0.717, 1.165) is 16.5 Å². The topological polar surface area (TPSA) is 75.1 Å². The van der Waals surface area contributed by atoms with Crippen molar-refractivity contribution in [2.24, 2.45) is 0 Å². The van der Waals surface area contributed by atoms with E-state index in [2.05, 4.69) is 15.3 Å². The van der Waals surface area contributed by atoms with Gasteiger partial charge in [-0.05, 0) is 53.3 Å². The highest BCUT2D eigenvalue weighted by molar-refractivity contribution is 7.98. The smallest absolute Gasteiger partial charge is 0.336 e. The van der Waals surface area contributed by atoms with Crippen LogP contribution in [-0.4, -0.2) is 33.8 Å². The van der Waals surface area contributed by atoms with Gasteiger partial charge in [0.05, 0.1) is 16.0 Å². The number of fused-ring (bicyclic) bond motifs is 1. The second-order valence-electron chi connectivity index (χ2n) is 6.60. The first-order valence-electron chi connectivity index (χ1n) is 9.18. The number of carboxylic acid groups (broad SMARTS) is 1. The third-order valence-corrected chi connectivity index (χ3v) is 6.40. The summed E-state index contributed by atoms with van der Waals surface area (Å²) in [5.74, 6) is -0.477. The molecule has 2 aromatic carbocycles. The molecule has 2 N–H and O–H groups in total. The van der Waals surface area contributed by atoms with Gasteiger partial charge in [-0.2, -0.15) is 0 Å². The molecule has 0 radical (unpaired) electrons. The van der Waals surface area contributed by atoms with E-state index in [1.165, 1.54) is 29.4 Å². The van der Waals surface area contributed by atoms with Crippen LogP contribution in [0.3, 0.4) is 0 Å². The van der Waals surface area contributed by atoms with Crippen molar-refractivity contribution in [3.05, 3.63) is 71.1 Å². The van der Waals surface area contributed by atoms with Crippen molar-refractivity contribution in [2.45, 2.75) is 11.3 Å². The van der Waals surface area contributed by atoms with E-state index in [4.69, 9.17) is 0 Å². The first kappa shape index (κ1) is 20.3. The molecule has 2 aromatic heterocycles. The van der Waals surface area contributed by atoms with Crippen molar-refractivity contribution >= 4 is 45.0 Å². The summed E-state index contributed by atoms with van der Waals surface area (Å²) in [5, 5.41) is 15.4. The molecule has 152 valence electrons. The fraction of sp³-hybridized carbons (Fsp3) is 0.136. The summed E-state index contributed by atoms with van der Waals surface area (Å²) in [6.45, 7) is 0.597. The normalized spacial score (nSPS) is 11.0. The number of benzene rings is 2. The molecule has 0 atom stereocenters. The second kappa shape index (κ2) is 8.81. The first-order valence-corrected chi connectivity index (χ1v) is 11.3. The van der Waals surface area contributed by atoms with Gasteiger partial charge in [0.15, 0.2) is 0 Å². The number of nitrogens with zero attached hydrogens (tertiary/aromatic N) is 2. The molecule has 0 aliphatic rings. The number of aromatic nitrogens is 2. The van der Waals surface area contributed by atoms with Crippen LogP contribution < -0.4 is 5.32 Å². The van der Waals surface area contributed by atoms with Gasteiger partial charge < -0.3 is 10.4 Å². The highest BCUT2D eigenvalue weighted by Crippen LogP contribution is 2.28. The Labute approximate surface area is 181 Å². The molecule has 0 saturated carbocycles. The molecule has 0 aliphatic carbocycles. The molecule has 30 heavy (non-hydrogen) atoms. The number of thioether (sulfide) groups is 1. The summed E-state index contributed by atoms with van der Waals surface area (Å²) in [4.78, 5) is 20.6. The Bertz CT molecular complexity index is 1230. The Morgan fingerprint density at radius 1 is 1.20 bits per heavy atom. The number of hydrogen-bond acceptors (Lipinski definition) is 6. The maximum atomic E-state index is 14.1. The zero-order valence-electron chi connectivity index (χ0n) is 16.1. The summed E-state index contributed by atoms with van der Waals surface area (Å²) in [7, 11) is 0. The Morgan fingerprint density at radius 3 is 2.87 bits per heavy atom. The molecule has 4 rings (SSSR count). The van der Waals surface area contributed by atoms with Gasteiger partial charge in [-0.1, -0.05) is 12.1 Å². The number of aromatic carboxylic acids is 1. The number of carbonyl (C=O) groups is 1. The number of rotatable bonds is 7. The van der Waals surface area contributed by atoms with Crippen LogP contribution in [0.4, 0.5) is 10.2 Å². The van der Waals surface area contributed by atoms with E-state index in [0.29, 0.717) is 34.1 Å². The Kier molecular flexibility index (Phi) is 5.96. The van der Waals surface area contributed by atoms with Crippen molar-refractivity contribution in [2.75, 3.05) is 18.1 Å². The van der Waals surface area contributed by atoms with E-state index in [1.807, 2.05) is 35.9 Å². The maximum Gasteiger partial charge on any atom is 0.336 e. The van der Waals surface area contributed by atoms with Gasteiger partial charge in [0.25, 0.3) is 0 Å². The minimum Gasteiger partial charge on any atom is -0.478 e. The minimum atomic E-state index is -0.951. The van der Waals surface area contributed by atoms with Crippen molar-refractivity contribution in [3.8, 4) is 11.3 Å². The molecule has 0 bridgehead atoms. The predicted octanol–water partition coefficient (Wildman–Crippen LogP) is 5.57. The van der Waals surface area contributed by atoms with Crippen LogP contribution in [0.1, 0.15) is 15.9 Å². The van der Waals surface area contributed by atoms with Crippen LogP contribution in [-0.2, 0) is 6.42 Å². The standard InChI is InChI=1S/C22H18FN3O2S2/c1-29-19-10-14(2-3-16(19)22(27)28)18-11-20(26-12-25-18)24-6-4-13-8-15-5-7-30-21(15)17(23)9-13/h2-3,5,7-12H,4,6H2,1H3,(H,27,28)(H,24,25,26). The van der Waals surface area contributed by atoms with Crippen LogP contribution in [0.25, 0.3) is 21.3 Å². The van der Waals surface area contributed by atoms with Crippen molar-refractivity contribution in [3.63, 3.8) is 0 Å². The summed E-state index contributed by atoms with van der Waals surface area (Å²) in [6.07, 6.45) is 3.97. The molecule has 0 aliphatic heterocycles. The largest absolute Gasteiger partial charge is 0.478 e. The van der Waals surface area contributed by atoms with E-state index >= 15 is 0 Å². The predicted molar refractivity (Wildman–Crippen MR) is 120 cm³/mol. The van der Waals surface area contributed by atoms with Gasteiger partial charge in [-0.15, -0.1) is 23.1 Å². The maximum absolute atomic E-state index is 14.1. The summed E-state index contributed by atoms with van der Waals surface area (Å²) >= 11 is 2.79. The number of carboxylic acids is 1. The summed E-state index contributed by atoms with van der Waals surface area (Å²) in [6, 6.07) is 12.5. The van der Waals surface area contributed by atoms with Gasteiger partial charge in [-0.3, -0.25) is 0 Å². The summed E-state index contributed by atoms with van der Waals surface area (Å²) in [5.41, 5.74) is 2.72. The lowest BCUT2D eigenvalue weighted by atomic mass is 10.1. The Balaban J connectivity index is 1.47. The quantitative estimate of drug-likeness (QED) is 0.367. The lowest BCUT2D eigenvalue weighted by molar-refractivity contribution is 0.0693. The van der Waals surface area contributed by atoms with Gasteiger partial charge >= 0.3 is 5.97 Å².